The lowest BCUT2D eigenvalue weighted by Gasteiger charge is -2.08. The van der Waals surface area contributed by atoms with Crippen molar-refractivity contribution in [1.29, 1.82) is 0 Å². The van der Waals surface area contributed by atoms with Crippen LogP contribution in [-0.2, 0) is 10.0 Å². The lowest BCUT2D eigenvalue weighted by atomic mass is 10.1. The minimum absolute atomic E-state index is 0.165. The molecule has 0 amide bonds. The molecule has 0 radical (unpaired) electrons. The fraction of sp³-hybridized carbons (Fsp3) is 0.0556. The third-order valence-electron chi connectivity index (χ3n) is 4.03. The number of hydrogen-bond donors (Lipinski definition) is 0. The summed E-state index contributed by atoms with van der Waals surface area (Å²) in [6, 6.07) is 14.2. The standard InChI is InChI=1S/C18H14N4O3S/c1-25-15-6-2-13(3-7-15)14-4-8-16(9-5-14)26(23,24)22-12-21-18-17(22)10-19-11-20-18/h2-12H,1H3. The number of benzene rings is 2. The number of nitrogens with zero attached hydrogens (tertiary/aromatic N) is 4. The summed E-state index contributed by atoms with van der Waals surface area (Å²) in [5, 5.41) is 0. The van der Waals surface area contributed by atoms with Crippen molar-refractivity contribution in [3.05, 3.63) is 67.4 Å². The van der Waals surface area contributed by atoms with E-state index in [1.54, 1.807) is 31.4 Å². The Balaban J connectivity index is 1.71. The van der Waals surface area contributed by atoms with Crippen LogP contribution in [0, 0.1) is 0 Å². The largest absolute Gasteiger partial charge is 0.497 e. The molecule has 2 aromatic carbocycles. The first-order chi connectivity index (χ1) is 12.6. The van der Waals surface area contributed by atoms with Crippen molar-refractivity contribution in [2.75, 3.05) is 7.11 Å². The second-order valence-electron chi connectivity index (χ2n) is 5.53. The topological polar surface area (TPSA) is 87.0 Å². The van der Waals surface area contributed by atoms with Crippen LogP contribution in [0.1, 0.15) is 0 Å². The average Bonchev–Trinajstić information content (AvgIpc) is 3.13. The molecule has 0 atom stereocenters. The quantitative estimate of drug-likeness (QED) is 0.552. The summed E-state index contributed by atoms with van der Waals surface area (Å²) in [7, 11) is -2.17. The lowest BCUT2D eigenvalue weighted by Crippen LogP contribution is -2.11. The zero-order valence-electron chi connectivity index (χ0n) is 13.8. The van der Waals surface area contributed by atoms with Crippen LogP contribution in [0.3, 0.4) is 0 Å². The van der Waals surface area contributed by atoms with Gasteiger partial charge in [0.25, 0.3) is 10.0 Å². The van der Waals surface area contributed by atoms with E-state index in [1.165, 1.54) is 18.9 Å². The summed E-state index contributed by atoms with van der Waals surface area (Å²) in [4.78, 5) is 12.0. The van der Waals surface area contributed by atoms with E-state index in [0.717, 1.165) is 20.8 Å². The molecule has 0 fully saturated rings. The van der Waals surface area contributed by atoms with Gasteiger partial charge in [0.15, 0.2) is 5.65 Å². The van der Waals surface area contributed by atoms with Crippen molar-refractivity contribution >= 4 is 21.2 Å². The van der Waals surface area contributed by atoms with Crippen molar-refractivity contribution in [1.82, 2.24) is 18.9 Å². The molecule has 0 aliphatic rings. The summed E-state index contributed by atoms with van der Waals surface area (Å²) < 4.78 is 32.0. The molecule has 0 bridgehead atoms. The van der Waals surface area contributed by atoms with E-state index in [1.807, 2.05) is 24.3 Å². The molecule has 2 aromatic heterocycles. The molecule has 0 aliphatic heterocycles. The molecule has 0 spiro atoms. The van der Waals surface area contributed by atoms with Crippen molar-refractivity contribution < 1.29 is 13.2 Å². The molecule has 0 N–H and O–H groups in total. The third kappa shape index (κ3) is 2.70. The predicted molar refractivity (Wildman–Crippen MR) is 96.3 cm³/mol. The molecule has 8 heteroatoms. The summed E-state index contributed by atoms with van der Waals surface area (Å²) in [6.45, 7) is 0. The van der Waals surface area contributed by atoms with Crippen LogP contribution in [0.25, 0.3) is 22.3 Å². The van der Waals surface area contributed by atoms with Crippen molar-refractivity contribution in [2.45, 2.75) is 4.90 Å². The Kier molecular flexibility index (Phi) is 3.89. The molecule has 0 saturated carbocycles. The number of aromatic nitrogens is 4. The predicted octanol–water partition coefficient (Wildman–Crippen LogP) is 2.74. The molecule has 4 aromatic rings. The van der Waals surface area contributed by atoms with E-state index >= 15 is 0 Å². The average molecular weight is 366 g/mol. The number of methoxy groups -OCH3 is 1. The highest BCUT2D eigenvalue weighted by molar-refractivity contribution is 7.90. The second-order valence-corrected chi connectivity index (χ2v) is 7.34. The van der Waals surface area contributed by atoms with Gasteiger partial charge >= 0.3 is 0 Å². The highest BCUT2D eigenvalue weighted by Crippen LogP contribution is 2.25. The molecule has 7 nitrogen and oxygen atoms in total. The fourth-order valence-corrected chi connectivity index (χ4v) is 3.91. The van der Waals surface area contributed by atoms with Gasteiger partial charge in [-0.05, 0) is 35.4 Å². The summed E-state index contributed by atoms with van der Waals surface area (Å²) in [5.74, 6) is 0.766. The van der Waals surface area contributed by atoms with Gasteiger partial charge < -0.3 is 4.74 Å². The van der Waals surface area contributed by atoms with Gasteiger partial charge in [0.2, 0.25) is 0 Å². The molecule has 0 unspecified atom stereocenters. The lowest BCUT2D eigenvalue weighted by molar-refractivity contribution is 0.415. The minimum atomic E-state index is -3.78. The van der Waals surface area contributed by atoms with Gasteiger partial charge in [0.05, 0.1) is 18.2 Å². The van der Waals surface area contributed by atoms with Crippen LogP contribution >= 0.6 is 0 Å². The fourth-order valence-electron chi connectivity index (χ4n) is 2.65. The van der Waals surface area contributed by atoms with E-state index in [0.29, 0.717) is 11.2 Å². The zero-order valence-corrected chi connectivity index (χ0v) is 14.6. The van der Waals surface area contributed by atoms with Crippen LogP contribution in [0.2, 0.25) is 0 Å². The maximum atomic E-state index is 12.9. The maximum absolute atomic E-state index is 12.9. The van der Waals surface area contributed by atoms with Gasteiger partial charge in [0, 0.05) is 0 Å². The molecule has 0 saturated heterocycles. The first-order valence-corrected chi connectivity index (χ1v) is 9.17. The highest BCUT2D eigenvalue weighted by atomic mass is 32.2. The number of hydrogen-bond acceptors (Lipinski definition) is 6. The first-order valence-electron chi connectivity index (χ1n) is 7.73. The monoisotopic (exact) mass is 366 g/mol. The summed E-state index contributed by atoms with van der Waals surface area (Å²) in [5.41, 5.74) is 2.55. The Labute approximate surface area is 150 Å². The van der Waals surface area contributed by atoms with Crippen LogP contribution in [0.4, 0.5) is 0 Å². The van der Waals surface area contributed by atoms with Crippen molar-refractivity contribution in [3.8, 4) is 16.9 Å². The summed E-state index contributed by atoms with van der Waals surface area (Å²) >= 11 is 0. The van der Waals surface area contributed by atoms with Gasteiger partial charge in [-0.1, -0.05) is 24.3 Å². The SMILES string of the molecule is COc1ccc(-c2ccc(S(=O)(=O)n3cnc4ncncc43)cc2)cc1. The Morgan fingerprint density at radius 2 is 1.58 bits per heavy atom. The van der Waals surface area contributed by atoms with Crippen LogP contribution in [-0.4, -0.2) is 34.5 Å². The van der Waals surface area contributed by atoms with Gasteiger partial charge in [0.1, 0.15) is 23.9 Å². The van der Waals surface area contributed by atoms with E-state index in [2.05, 4.69) is 15.0 Å². The van der Waals surface area contributed by atoms with Crippen LogP contribution in [0.5, 0.6) is 5.75 Å². The molecule has 0 aliphatic carbocycles. The number of rotatable bonds is 4. The van der Waals surface area contributed by atoms with Crippen molar-refractivity contribution in [3.63, 3.8) is 0 Å². The Bertz CT molecular complexity index is 1170. The first kappa shape index (κ1) is 16.2. The van der Waals surface area contributed by atoms with E-state index in [9.17, 15) is 8.42 Å². The zero-order chi connectivity index (χ0) is 18.1. The van der Waals surface area contributed by atoms with E-state index < -0.39 is 10.0 Å². The van der Waals surface area contributed by atoms with E-state index in [4.69, 9.17) is 4.74 Å². The molecule has 2 heterocycles. The van der Waals surface area contributed by atoms with Gasteiger partial charge in [-0.25, -0.2) is 27.3 Å². The second kappa shape index (κ2) is 6.23. The molecule has 130 valence electrons. The highest BCUT2D eigenvalue weighted by Gasteiger charge is 2.20. The van der Waals surface area contributed by atoms with Crippen molar-refractivity contribution in [2.24, 2.45) is 0 Å². The van der Waals surface area contributed by atoms with Crippen LogP contribution in [0.15, 0.2) is 72.3 Å². The minimum Gasteiger partial charge on any atom is -0.497 e. The maximum Gasteiger partial charge on any atom is 0.269 e. The number of ether oxygens (including phenoxy) is 1. The molecule has 4 rings (SSSR count). The normalized spacial score (nSPS) is 11.6. The number of fused-ring (bicyclic) bond motifs is 1. The van der Waals surface area contributed by atoms with Gasteiger partial charge in [-0.15, -0.1) is 0 Å². The molecular weight excluding hydrogens is 352 g/mol. The number of imidazole rings is 1. The molecular formula is C18H14N4O3S. The Hall–Kier alpha value is -3.26. The molecule has 26 heavy (non-hydrogen) atoms. The van der Waals surface area contributed by atoms with E-state index in [-0.39, 0.29) is 4.90 Å². The Morgan fingerprint density at radius 1 is 0.923 bits per heavy atom. The summed E-state index contributed by atoms with van der Waals surface area (Å²) in [6.07, 6.45) is 4.00. The van der Waals surface area contributed by atoms with Gasteiger partial charge in [-0.2, -0.15) is 0 Å². The van der Waals surface area contributed by atoms with Gasteiger partial charge in [-0.3, -0.25) is 0 Å². The smallest absolute Gasteiger partial charge is 0.269 e. The Morgan fingerprint density at radius 3 is 2.23 bits per heavy atom. The van der Waals surface area contributed by atoms with Crippen LogP contribution < -0.4 is 4.74 Å². The third-order valence-corrected chi connectivity index (χ3v) is 5.71.